The maximum Gasteiger partial charge on any atom is 0.416 e. The highest BCUT2D eigenvalue weighted by molar-refractivity contribution is 7.90. The number of hydrogen-bond donors (Lipinski definition) is 1. The van der Waals surface area contributed by atoms with Crippen molar-refractivity contribution in [1.82, 2.24) is 24.1 Å². The highest BCUT2D eigenvalue weighted by Gasteiger charge is 2.72. The van der Waals surface area contributed by atoms with E-state index in [1.807, 2.05) is 16.9 Å². The first kappa shape index (κ1) is 37.6. The lowest BCUT2D eigenvalue weighted by molar-refractivity contribution is -0.149. The number of aromatic nitrogens is 2. The van der Waals surface area contributed by atoms with Crippen molar-refractivity contribution >= 4 is 32.9 Å². The molecule has 14 heteroatoms. The molecular formula is C41H45F4N5O4S. The average Bonchev–Trinajstić information content (AvgIpc) is 3.70. The fourth-order valence-corrected chi connectivity index (χ4v) is 11.2. The van der Waals surface area contributed by atoms with Crippen LogP contribution < -0.4 is 4.72 Å². The summed E-state index contributed by atoms with van der Waals surface area (Å²) in [5.74, 6) is -0.438. The molecule has 3 aromatic carbocycles. The number of benzene rings is 3. The topological polar surface area (TPSA) is 104 Å². The number of carbonyl (C=O) groups excluding carboxylic acids is 2. The van der Waals surface area contributed by atoms with Crippen molar-refractivity contribution in [2.24, 2.45) is 11.3 Å². The zero-order chi connectivity index (χ0) is 39.1. The Morgan fingerprint density at radius 3 is 2.36 bits per heavy atom. The molecule has 2 saturated carbocycles. The first-order valence-electron chi connectivity index (χ1n) is 19.0. The van der Waals surface area contributed by atoms with E-state index in [0.29, 0.717) is 36.9 Å². The summed E-state index contributed by atoms with van der Waals surface area (Å²) in [5.41, 5.74) is -0.188. The summed E-state index contributed by atoms with van der Waals surface area (Å²) in [7, 11) is -4.71. The lowest BCUT2D eigenvalue weighted by atomic mass is 9.63. The van der Waals surface area contributed by atoms with E-state index in [9.17, 15) is 35.6 Å². The SMILES string of the molecule is Cc1nc2ccccc2n1[C@@H]1C[C@@H]2CCC23[C@H](C1)N3CCC1(c2cccc(F)c2)CCN(C(=O)C(C)(C)C(=O)NS(=O)(=O)c2cccc(C(F)(F)F)c2)CC1. The molecular weight excluding hydrogens is 735 g/mol. The quantitative estimate of drug-likeness (QED) is 0.110. The molecule has 0 bridgehead atoms. The van der Waals surface area contributed by atoms with Crippen LogP contribution in [-0.4, -0.2) is 70.8 Å². The van der Waals surface area contributed by atoms with Crippen molar-refractivity contribution in [2.75, 3.05) is 19.6 Å². The molecule has 2 amide bonds. The number of likely N-dealkylation sites (tertiary alicyclic amines) is 2. The van der Waals surface area contributed by atoms with Gasteiger partial charge in [-0.1, -0.05) is 30.3 Å². The molecule has 0 radical (unpaired) electrons. The largest absolute Gasteiger partial charge is 0.416 e. The standard InChI is InChI=1S/C41H45F4N5O4S/c1-26-46-33-12-4-5-13-34(33)50(26)31-23-28-14-15-40(28)35(25-31)49(40)21-18-39(27-8-6-10-30(42)22-27)16-19-48(20-17-39)37(52)38(2,3)36(51)47-55(53,54)32-11-7-9-29(24-32)41(43,44)45/h4-13,22,24,28,31,35H,14-21,23,25H2,1-3H3,(H,47,51)/t28-,31+,35-,40?,49?/m0/s1. The zero-order valence-electron chi connectivity index (χ0n) is 31.1. The number of carbonyl (C=O) groups is 2. The summed E-state index contributed by atoms with van der Waals surface area (Å²) in [5, 5.41) is 0. The molecule has 1 N–H and O–H groups in total. The molecule has 8 rings (SSSR count). The number of nitrogens with one attached hydrogen (secondary N) is 1. The molecule has 2 saturated heterocycles. The van der Waals surface area contributed by atoms with Crippen LogP contribution in [0.5, 0.6) is 0 Å². The van der Waals surface area contributed by atoms with Gasteiger partial charge < -0.3 is 9.47 Å². The van der Waals surface area contributed by atoms with Gasteiger partial charge in [-0.05, 0) is 132 Å². The van der Waals surface area contributed by atoms with Crippen LogP contribution in [0, 0.1) is 24.1 Å². The second kappa shape index (κ2) is 13.1. The molecule has 3 heterocycles. The van der Waals surface area contributed by atoms with E-state index >= 15 is 0 Å². The number of alkyl halides is 3. The van der Waals surface area contributed by atoms with Crippen molar-refractivity contribution in [3.8, 4) is 0 Å². The number of aryl methyl sites for hydroxylation is 1. The lowest BCUT2D eigenvalue weighted by Gasteiger charge is -2.45. The number of hydrogen-bond acceptors (Lipinski definition) is 6. The molecule has 2 unspecified atom stereocenters. The van der Waals surface area contributed by atoms with Crippen LogP contribution in [0.2, 0.25) is 0 Å². The van der Waals surface area contributed by atoms with Gasteiger partial charge in [0.05, 0.1) is 21.5 Å². The lowest BCUT2D eigenvalue weighted by Crippen LogP contribution is -2.54. The fraction of sp³-hybridized carbons (Fsp3) is 0.488. The van der Waals surface area contributed by atoms with Gasteiger partial charge in [-0.15, -0.1) is 0 Å². The van der Waals surface area contributed by atoms with Crippen LogP contribution in [0.15, 0.2) is 77.7 Å². The first-order chi connectivity index (χ1) is 26.0. The van der Waals surface area contributed by atoms with Crippen LogP contribution >= 0.6 is 0 Å². The number of rotatable bonds is 9. The van der Waals surface area contributed by atoms with Crippen molar-refractivity contribution in [2.45, 2.75) is 99.8 Å². The number of piperidine rings is 1. The van der Waals surface area contributed by atoms with E-state index in [-0.39, 0.29) is 24.4 Å². The molecule has 1 spiro atoms. The number of para-hydroxylation sites is 2. The van der Waals surface area contributed by atoms with Crippen molar-refractivity contribution in [1.29, 1.82) is 0 Å². The Morgan fingerprint density at radius 1 is 0.945 bits per heavy atom. The third kappa shape index (κ3) is 6.33. The number of nitrogens with zero attached hydrogens (tertiary/aromatic N) is 4. The maximum atomic E-state index is 14.7. The van der Waals surface area contributed by atoms with Gasteiger partial charge in [0.1, 0.15) is 17.1 Å². The van der Waals surface area contributed by atoms with Gasteiger partial charge in [0.15, 0.2) is 0 Å². The predicted octanol–water partition coefficient (Wildman–Crippen LogP) is 7.15. The Hall–Kier alpha value is -4.30. The van der Waals surface area contributed by atoms with Crippen LogP contribution in [-0.2, 0) is 31.2 Å². The summed E-state index contributed by atoms with van der Waals surface area (Å²) in [6, 6.07) is 18.9. The third-order valence-electron chi connectivity index (χ3n) is 13.3. The van der Waals surface area contributed by atoms with E-state index in [2.05, 4.69) is 34.6 Å². The van der Waals surface area contributed by atoms with Gasteiger partial charge in [-0.25, -0.2) is 22.5 Å². The molecule has 2 aliphatic carbocycles. The summed E-state index contributed by atoms with van der Waals surface area (Å²) in [6.45, 7) is 6.06. The van der Waals surface area contributed by atoms with E-state index in [1.54, 1.807) is 12.1 Å². The van der Waals surface area contributed by atoms with Gasteiger partial charge in [0.25, 0.3) is 10.0 Å². The normalized spacial score (nSPS) is 26.1. The van der Waals surface area contributed by atoms with Crippen molar-refractivity contribution < 1.29 is 35.6 Å². The first-order valence-corrected chi connectivity index (χ1v) is 20.4. The van der Waals surface area contributed by atoms with E-state index in [4.69, 9.17) is 4.98 Å². The van der Waals surface area contributed by atoms with Gasteiger partial charge in [0, 0.05) is 30.7 Å². The van der Waals surface area contributed by atoms with Gasteiger partial charge in [0.2, 0.25) is 11.8 Å². The Morgan fingerprint density at radius 2 is 1.67 bits per heavy atom. The minimum atomic E-state index is -4.79. The number of fused-ring (bicyclic) bond motifs is 1. The van der Waals surface area contributed by atoms with Crippen LogP contribution in [0.1, 0.15) is 81.8 Å². The van der Waals surface area contributed by atoms with Crippen LogP contribution in [0.4, 0.5) is 17.6 Å². The molecule has 9 nitrogen and oxygen atoms in total. The predicted molar refractivity (Wildman–Crippen MR) is 198 cm³/mol. The summed E-state index contributed by atoms with van der Waals surface area (Å²) in [4.78, 5) is 35.5. The maximum absolute atomic E-state index is 14.7. The van der Waals surface area contributed by atoms with E-state index in [0.717, 1.165) is 60.9 Å². The monoisotopic (exact) mass is 779 g/mol. The molecule has 1 aromatic heterocycles. The van der Waals surface area contributed by atoms with Gasteiger partial charge >= 0.3 is 6.18 Å². The molecule has 4 aliphatic rings. The molecule has 292 valence electrons. The number of imidazole rings is 1. The zero-order valence-corrected chi connectivity index (χ0v) is 31.9. The number of halogens is 4. The molecule has 5 atom stereocenters. The number of amides is 2. The third-order valence-corrected chi connectivity index (χ3v) is 14.6. The van der Waals surface area contributed by atoms with E-state index < -0.39 is 49.3 Å². The van der Waals surface area contributed by atoms with Crippen molar-refractivity contribution in [3.05, 3.63) is 95.6 Å². The smallest absolute Gasteiger partial charge is 0.342 e. The minimum absolute atomic E-state index is 0.215. The molecule has 2 aliphatic heterocycles. The fourth-order valence-electron chi connectivity index (χ4n) is 10.1. The Kier molecular flexibility index (Phi) is 8.99. The van der Waals surface area contributed by atoms with E-state index in [1.165, 1.54) is 43.2 Å². The van der Waals surface area contributed by atoms with Gasteiger partial charge in [-0.3, -0.25) is 14.5 Å². The second-order valence-corrected chi connectivity index (χ2v) is 18.2. The Bertz CT molecular complexity index is 2280. The summed E-state index contributed by atoms with van der Waals surface area (Å²) >= 11 is 0. The second-order valence-electron chi connectivity index (χ2n) is 16.5. The molecule has 55 heavy (non-hydrogen) atoms. The summed E-state index contributed by atoms with van der Waals surface area (Å²) < 4.78 is 84.8. The highest BCUT2D eigenvalue weighted by Crippen LogP contribution is 2.67. The van der Waals surface area contributed by atoms with Crippen molar-refractivity contribution in [3.63, 3.8) is 0 Å². The van der Waals surface area contributed by atoms with Crippen LogP contribution in [0.3, 0.4) is 0 Å². The molecule has 4 fully saturated rings. The highest BCUT2D eigenvalue weighted by atomic mass is 32.2. The minimum Gasteiger partial charge on any atom is -0.342 e. The Balaban J connectivity index is 0.959. The van der Waals surface area contributed by atoms with Crippen LogP contribution in [0.25, 0.3) is 11.0 Å². The molecule has 4 aromatic rings. The Labute approximate surface area is 318 Å². The summed E-state index contributed by atoms with van der Waals surface area (Å²) in [6.07, 6.45) is 1.55. The van der Waals surface area contributed by atoms with Gasteiger partial charge in [-0.2, -0.15) is 13.2 Å². The number of sulfonamides is 1. The average molecular weight is 780 g/mol.